The summed E-state index contributed by atoms with van der Waals surface area (Å²) in [6.07, 6.45) is 2.64. The molecule has 3 rings (SSSR count). The molecule has 0 spiro atoms. The lowest BCUT2D eigenvalue weighted by molar-refractivity contribution is 0.129. The first-order valence-corrected chi connectivity index (χ1v) is 7.00. The van der Waals surface area contributed by atoms with Crippen LogP contribution in [0.3, 0.4) is 0 Å². The van der Waals surface area contributed by atoms with Gasteiger partial charge in [0.1, 0.15) is 0 Å². The number of aromatic nitrogens is 4. The Kier molecular flexibility index (Phi) is 3.56. The summed E-state index contributed by atoms with van der Waals surface area (Å²) in [5.74, 6) is 0.910. The highest BCUT2D eigenvalue weighted by molar-refractivity contribution is 7.99. The third-order valence-corrected chi connectivity index (χ3v) is 3.92. The van der Waals surface area contributed by atoms with Crippen molar-refractivity contribution in [2.24, 2.45) is 0 Å². The molecule has 0 bridgehead atoms. The lowest BCUT2D eigenvalue weighted by atomic mass is 10.3. The van der Waals surface area contributed by atoms with Crippen LogP contribution in [0.4, 0.5) is 0 Å². The predicted octanol–water partition coefficient (Wildman–Crippen LogP) is 1.93. The van der Waals surface area contributed by atoms with E-state index in [-0.39, 0.29) is 0 Å². The van der Waals surface area contributed by atoms with Crippen LogP contribution in [0, 0.1) is 0 Å². The van der Waals surface area contributed by atoms with E-state index in [1.165, 1.54) is 0 Å². The number of para-hydroxylation sites is 1. The Hall–Kier alpha value is -1.40. The number of thioether (sulfide) groups is 1. The smallest absolute Gasteiger partial charge is 0.214 e. The number of nitrogens with zero attached hydrogens (tertiary/aromatic N) is 4. The maximum Gasteiger partial charge on any atom is 0.214 e. The van der Waals surface area contributed by atoms with Crippen LogP contribution in [0.15, 0.2) is 35.5 Å². The third-order valence-electron chi connectivity index (χ3n) is 2.86. The molecule has 94 valence electrons. The van der Waals surface area contributed by atoms with Crippen LogP contribution in [0.2, 0.25) is 0 Å². The molecule has 18 heavy (non-hydrogen) atoms. The number of rotatable bonds is 4. The first kappa shape index (κ1) is 11.7. The normalized spacial score (nSPS) is 19.2. The zero-order chi connectivity index (χ0) is 12.2. The van der Waals surface area contributed by atoms with Crippen LogP contribution in [-0.2, 0) is 4.74 Å². The van der Waals surface area contributed by atoms with Crippen LogP contribution >= 0.6 is 11.8 Å². The van der Waals surface area contributed by atoms with Crippen LogP contribution in [-0.4, -0.2) is 38.7 Å². The first-order valence-electron chi connectivity index (χ1n) is 6.02. The van der Waals surface area contributed by atoms with Gasteiger partial charge in [-0.25, -0.2) is 0 Å². The van der Waals surface area contributed by atoms with Crippen molar-refractivity contribution in [2.75, 3.05) is 12.4 Å². The highest BCUT2D eigenvalue weighted by Crippen LogP contribution is 2.23. The third kappa shape index (κ3) is 2.54. The molecule has 0 aliphatic carbocycles. The first-order chi connectivity index (χ1) is 8.93. The van der Waals surface area contributed by atoms with Crippen molar-refractivity contribution in [3.63, 3.8) is 0 Å². The Balaban J connectivity index is 1.71. The largest absolute Gasteiger partial charge is 0.377 e. The Morgan fingerprint density at radius 3 is 3.00 bits per heavy atom. The van der Waals surface area contributed by atoms with Crippen LogP contribution in [0.1, 0.15) is 12.8 Å². The quantitative estimate of drug-likeness (QED) is 0.788. The second kappa shape index (κ2) is 5.49. The van der Waals surface area contributed by atoms with Crippen molar-refractivity contribution < 1.29 is 4.74 Å². The SMILES string of the molecule is c1ccc(-n2nnnc2SC[C@@H]2CCCO2)cc1. The fourth-order valence-electron chi connectivity index (χ4n) is 1.94. The minimum Gasteiger partial charge on any atom is -0.377 e. The summed E-state index contributed by atoms with van der Waals surface area (Å²) < 4.78 is 7.36. The molecule has 1 aromatic carbocycles. The van der Waals surface area contributed by atoms with Gasteiger partial charge in [0, 0.05) is 12.4 Å². The van der Waals surface area contributed by atoms with Gasteiger partial charge in [-0.2, -0.15) is 4.68 Å². The maximum atomic E-state index is 5.60. The molecule has 0 amide bonds. The predicted molar refractivity (Wildman–Crippen MR) is 68.9 cm³/mol. The van der Waals surface area contributed by atoms with E-state index < -0.39 is 0 Å². The second-order valence-corrected chi connectivity index (χ2v) is 5.14. The molecule has 0 radical (unpaired) electrons. The van der Waals surface area contributed by atoms with E-state index in [1.54, 1.807) is 16.4 Å². The molecule has 1 fully saturated rings. The average Bonchev–Trinajstić information content (AvgIpc) is 3.09. The highest BCUT2D eigenvalue weighted by atomic mass is 32.2. The number of ether oxygens (including phenoxy) is 1. The molecule has 2 aromatic rings. The lowest BCUT2D eigenvalue weighted by Gasteiger charge is -2.08. The van der Waals surface area contributed by atoms with Crippen molar-refractivity contribution in [1.29, 1.82) is 0 Å². The molecule has 0 unspecified atom stereocenters. The molecule has 1 aromatic heterocycles. The molecule has 1 atom stereocenters. The van der Waals surface area contributed by atoms with E-state index in [0.29, 0.717) is 6.10 Å². The zero-order valence-corrected chi connectivity index (χ0v) is 10.7. The molecule has 1 saturated heterocycles. The molecule has 5 nitrogen and oxygen atoms in total. The number of hydrogen-bond acceptors (Lipinski definition) is 5. The summed E-state index contributed by atoms with van der Waals surface area (Å²) in [6, 6.07) is 9.92. The van der Waals surface area contributed by atoms with E-state index in [2.05, 4.69) is 15.5 Å². The second-order valence-electron chi connectivity index (χ2n) is 4.15. The number of benzene rings is 1. The van der Waals surface area contributed by atoms with E-state index in [9.17, 15) is 0 Å². The number of tetrazole rings is 1. The molecule has 0 saturated carbocycles. The van der Waals surface area contributed by atoms with Gasteiger partial charge in [0.25, 0.3) is 0 Å². The number of hydrogen-bond donors (Lipinski definition) is 0. The van der Waals surface area contributed by atoms with Crippen LogP contribution in [0.5, 0.6) is 0 Å². The minimum absolute atomic E-state index is 0.343. The summed E-state index contributed by atoms with van der Waals surface area (Å²) in [5, 5.41) is 12.6. The Bertz CT molecular complexity index is 496. The van der Waals surface area contributed by atoms with Crippen molar-refractivity contribution in [3.05, 3.63) is 30.3 Å². The lowest BCUT2D eigenvalue weighted by Crippen LogP contribution is -2.09. The Morgan fingerprint density at radius 2 is 2.22 bits per heavy atom. The van der Waals surface area contributed by atoms with Gasteiger partial charge >= 0.3 is 0 Å². The summed E-state index contributed by atoms with van der Waals surface area (Å²) >= 11 is 1.65. The monoisotopic (exact) mass is 262 g/mol. The summed E-state index contributed by atoms with van der Waals surface area (Å²) in [5.41, 5.74) is 0.984. The molecule has 0 N–H and O–H groups in total. The topological polar surface area (TPSA) is 52.8 Å². The van der Waals surface area contributed by atoms with Crippen LogP contribution < -0.4 is 0 Å². The summed E-state index contributed by atoms with van der Waals surface area (Å²) in [7, 11) is 0. The minimum atomic E-state index is 0.343. The van der Waals surface area contributed by atoms with Gasteiger partial charge in [0.2, 0.25) is 5.16 Å². The van der Waals surface area contributed by atoms with Gasteiger partial charge in [0.15, 0.2) is 0 Å². The zero-order valence-electron chi connectivity index (χ0n) is 9.90. The van der Waals surface area contributed by atoms with Gasteiger partial charge in [-0.3, -0.25) is 0 Å². The molecule has 1 aliphatic rings. The molecular weight excluding hydrogens is 248 g/mol. The summed E-state index contributed by atoms with van der Waals surface area (Å²) in [4.78, 5) is 0. The molecule has 6 heteroatoms. The Morgan fingerprint density at radius 1 is 1.33 bits per heavy atom. The molecular formula is C12H14N4OS. The average molecular weight is 262 g/mol. The molecule has 1 aliphatic heterocycles. The molecule has 2 heterocycles. The van der Waals surface area contributed by atoms with E-state index in [4.69, 9.17) is 4.74 Å². The summed E-state index contributed by atoms with van der Waals surface area (Å²) in [6.45, 7) is 0.884. The fourth-order valence-corrected chi connectivity index (χ4v) is 2.90. The van der Waals surface area contributed by atoms with Gasteiger partial charge < -0.3 is 4.74 Å². The van der Waals surface area contributed by atoms with Gasteiger partial charge in [-0.15, -0.1) is 5.10 Å². The van der Waals surface area contributed by atoms with Gasteiger partial charge in [-0.1, -0.05) is 30.0 Å². The van der Waals surface area contributed by atoms with Gasteiger partial charge in [-0.05, 0) is 35.4 Å². The fraction of sp³-hybridized carbons (Fsp3) is 0.417. The van der Waals surface area contributed by atoms with Crippen molar-refractivity contribution in [3.8, 4) is 5.69 Å². The van der Waals surface area contributed by atoms with Crippen molar-refractivity contribution in [1.82, 2.24) is 20.2 Å². The Labute approximate surface area is 110 Å². The van der Waals surface area contributed by atoms with Crippen LogP contribution in [0.25, 0.3) is 5.69 Å². The van der Waals surface area contributed by atoms with E-state index in [1.807, 2.05) is 30.3 Å². The van der Waals surface area contributed by atoms with E-state index >= 15 is 0 Å². The van der Waals surface area contributed by atoms with Crippen molar-refractivity contribution >= 4 is 11.8 Å². The van der Waals surface area contributed by atoms with Gasteiger partial charge in [0.05, 0.1) is 11.8 Å². The maximum absolute atomic E-state index is 5.60. The van der Waals surface area contributed by atoms with Crippen molar-refractivity contribution in [2.45, 2.75) is 24.1 Å². The van der Waals surface area contributed by atoms with E-state index in [0.717, 1.165) is 36.0 Å². The highest BCUT2D eigenvalue weighted by Gasteiger charge is 2.17. The standard InChI is InChI=1S/C12H14N4OS/c1-2-5-10(6-3-1)16-12(13-14-15-16)18-9-11-7-4-8-17-11/h1-3,5-6,11H,4,7-9H2/t11-/m0/s1.